The summed E-state index contributed by atoms with van der Waals surface area (Å²) >= 11 is 5.86. The van der Waals surface area contributed by atoms with E-state index in [2.05, 4.69) is 10.8 Å². The van der Waals surface area contributed by atoms with Crippen molar-refractivity contribution >= 4 is 17.6 Å². The SMILES string of the molecule is COC(=O)Cc1cc(C)cc(C)c1CCl. The molecule has 1 aromatic carbocycles. The van der Waals surface area contributed by atoms with E-state index in [0.29, 0.717) is 12.3 Å². The average Bonchev–Trinajstić information content (AvgIpc) is 2.17. The molecule has 0 N–H and O–H groups in total. The predicted octanol–water partition coefficient (Wildman–Crippen LogP) is 2.76. The molecule has 0 saturated carbocycles. The largest absolute Gasteiger partial charge is 0.469 e. The van der Waals surface area contributed by atoms with Crippen molar-refractivity contribution in [2.24, 2.45) is 0 Å². The molecule has 15 heavy (non-hydrogen) atoms. The molecule has 1 aromatic rings. The van der Waals surface area contributed by atoms with Crippen molar-refractivity contribution in [1.82, 2.24) is 0 Å². The molecule has 0 radical (unpaired) electrons. The second-order valence-corrected chi connectivity index (χ2v) is 3.87. The molecule has 0 bridgehead atoms. The lowest BCUT2D eigenvalue weighted by atomic mass is 9.98. The quantitative estimate of drug-likeness (QED) is 0.585. The zero-order chi connectivity index (χ0) is 11.4. The first kappa shape index (κ1) is 12.1. The topological polar surface area (TPSA) is 26.3 Å². The fourth-order valence-corrected chi connectivity index (χ4v) is 2.04. The molecule has 0 atom stereocenters. The van der Waals surface area contributed by atoms with Crippen molar-refractivity contribution in [2.45, 2.75) is 26.1 Å². The van der Waals surface area contributed by atoms with E-state index in [0.717, 1.165) is 22.3 Å². The van der Waals surface area contributed by atoms with Gasteiger partial charge in [-0.1, -0.05) is 17.7 Å². The van der Waals surface area contributed by atoms with Crippen LogP contribution in [-0.4, -0.2) is 13.1 Å². The number of methoxy groups -OCH3 is 1. The number of hydrogen-bond acceptors (Lipinski definition) is 2. The van der Waals surface area contributed by atoms with Gasteiger partial charge in [-0.15, -0.1) is 11.6 Å². The van der Waals surface area contributed by atoms with Crippen molar-refractivity contribution in [3.8, 4) is 0 Å². The standard InChI is InChI=1S/C12H15ClO2/c1-8-4-9(2)11(7-13)10(5-8)6-12(14)15-3/h4-5H,6-7H2,1-3H3. The molecule has 0 aliphatic heterocycles. The Balaban J connectivity index is 3.09. The zero-order valence-electron chi connectivity index (χ0n) is 9.26. The summed E-state index contributed by atoms with van der Waals surface area (Å²) in [4.78, 5) is 11.2. The van der Waals surface area contributed by atoms with Gasteiger partial charge in [0, 0.05) is 5.88 Å². The van der Waals surface area contributed by atoms with Crippen LogP contribution < -0.4 is 0 Å². The normalized spacial score (nSPS) is 10.1. The van der Waals surface area contributed by atoms with Crippen LogP contribution in [0, 0.1) is 13.8 Å². The van der Waals surface area contributed by atoms with Gasteiger partial charge in [-0.05, 0) is 30.5 Å². The third kappa shape index (κ3) is 2.96. The second-order valence-electron chi connectivity index (χ2n) is 3.61. The van der Waals surface area contributed by atoms with Crippen LogP contribution in [0.3, 0.4) is 0 Å². The highest BCUT2D eigenvalue weighted by molar-refractivity contribution is 6.17. The van der Waals surface area contributed by atoms with Gasteiger partial charge in [0.05, 0.1) is 13.5 Å². The lowest BCUT2D eigenvalue weighted by Gasteiger charge is -2.10. The van der Waals surface area contributed by atoms with Crippen LogP contribution in [0.2, 0.25) is 0 Å². The molecule has 82 valence electrons. The Labute approximate surface area is 95.2 Å². The summed E-state index contributed by atoms with van der Waals surface area (Å²) < 4.78 is 4.65. The first-order valence-electron chi connectivity index (χ1n) is 4.80. The summed E-state index contributed by atoms with van der Waals surface area (Å²) in [7, 11) is 1.39. The molecule has 0 heterocycles. The Bertz CT molecular complexity index is 372. The number of carbonyl (C=O) groups excluding carboxylic acids is 1. The van der Waals surface area contributed by atoms with E-state index in [1.807, 2.05) is 19.9 Å². The highest BCUT2D eigenvalue weighted by Crippen LogP contribution is 2.20. The van der Waals surface area contributed by atoms with Crippen molar-refractivity contribution < 1.29 is 9.53 Å². The first-order valence-corrected chi connectivity index (χ1v) is 5.33. The van der Waals surface area contributed by atoms with E-state index in [4.69, 9.17) is 11.6 Å². The molecular formula is C12H15ClO2. The van der Waals surface area contributed by atoms with Crippen molar-refractivity contribution in [3.63, 3.8) is 0 Å². The smallest absolute Gasteiger partial charge is 0.309 e. The van der Waals surface area contributed by atoms with Gasteiger partial charge in [-0.3, -0.25) is 4.79 Å². The first-order chi connectivity index (χ1) is 7.08. The van der Waals surface area contributed by atoms with E-state index in [1.165, 1.54) is 7.11 Å². The van der Waals surface area contributed by atoms with Crippen LogP contribution in [0.15, 0.2) is 12.1 Å². The van der Waals surface area contributed by atoms with E-state index < -0.39 is 0 Å². The number of benzene rings is 1. The van der Waals surface area contributed by atoms with Crippen molar-refractivity contribution in [3.05, 3.63) is 34.4 Å². The number of rotatable bonds is 3. The number of ether oxygens (including phenoxy) is 1. The average molecular weight is 227 g/mol. The molecule has 0 amide bonds. The van der Waals surface area contributed by atoms with Crippen LogP contribution >= 0.6 is 11.6 Å². The molecule has 0 fully saturated rings. The van der Waals surface area contributed by atoms with Crippen LogP contribution in [-0.2, 0) is 21.8 Å². The van der Waals surface area contributed by atoms with Gasteiger partial charge in [0.1, 0.15) is 0 Å². The summed E-state index contributed by atoms with van der Waals surface area (Å²) in [6, 6.07) is 4.06. The van der Waals surface area contributed by atoms with Gasteiger partial charge >= 0.3 is 5.97 Å². The number of alkyl halides is 1. The third-order valence-electron chi connectivity index (χ3n) is 2.41. The fourth-order valence-electron chi connectivity index (χ4n) is 1.66. The Kier molecular flexibility index (Phi) is 4.15. The van der Waals surface area contributed by atoms with Gasteiger partial charge in [0.2, 0.25) is 0 Å². The van der Waals surface area contributed by atoms with Gasteiger partial charge in [0.25, 0.3) is 0 Å². The number of aryl methyl sites for hydroxylation is 2. The Hall–Kier alpha value is -1.02. The van der Waals surface area contributed by atoms with Crippen LogP contribution in [0.4, 0.5) is 0 Å². The molecule has 2 nitrogen and oxygen atoms in total. The summed E-state index contributed by atoms with van der Waals surface area (Å²) in [6.07, 6.45) is 0.293. The molecule has 1 rings (SSSR count). The second kappa shape index (κ2) is 5.17. The lowest BCUT2D eigenvalue weighted by molar-refractivity contribution is -0.139. The molecule has 3 heteroatoms. The molecule has 0 aromatic heterocycles. The summed E-state index contributed by atoms with van der Waals surface area (Å²) in [6.45, 7) is 4.01. The summed E-state index contributed by atoms with van der Waals surface area (Å²) in [5.74, 6) is 0.199. The summed E-state index contributed by atoms with van der Waals surface area (Å²) in [5.41, 5.74) is 4.27. The maximum Gasteiger partial charge on any atom is 0.309 e. The van der Waals surface area contributed by atoms with Gasteiger partial charge < -0.3 is 4.74 Å². The summed E-state index contributed by atoms with van der Waals surface area (Å²) in [5, 5.41) is 0. The van der Waals surface area contributed by atoms with Gasteiger partial charge in [-0.25, -0.2) is 0 Å². The van der Waals surface area contributed by atoms with Crippen LogP contribution in [0.1, 0.15) is 22.3 Å². The molecule has 0 aliphatic rings. The Morgan fingerprint density at radius 1 is 1.40 bits per heavy atom. The van der Waals surface area contributed by atoms with Gasteiger partial charge in [-0.2, -0.15) is 0 Å². The minimum absolute atomic E-state index is 0.230. The lowest BCUT2D eigenvalue weighted by Crippen LogP contribution is -2.07. The fraction of sp³-hybridized carbons (Fsp3) is 0.417. The monoisotopic (exact) mass is 226 g/mol. The number of hydrogen-bond donors (Lipinski definition) is 0. The molecular weight excluding hydrogens is 212 g/mol. The molecule has 0 aliphatic carbocycles. The van der Waals surface area contributed by atoms with Crippen LogP contribution in [0.25, 0.3) is 0 Å². The zero-order valence-corrected chi connectivity index (χ0v) is 10.0. The molecule has 0 saturated heterocycles. The highest BCUT2D eigenvalue weighted by atomic mass is 35.5. The van der Waals surface area contributed by atoms with Gasteiger partial charge in [0.15, 0.2) is 0 Å². The van der Waals surface area contributed by atoms with E-state index in [-0.39, 0.29) is 5.97 Å². The Morgan fingerprint density at radius 2 is 2.07 bits per heavy atom. The number of carbonyl (C=O) groups is 1. The maximum absolute atomic E-state index is 11.2. The number of halogens is 1. The Morgan fingerprint density at radius 3 is 2.60 bits per heavy atom. The predicted molar refractivity (Wildman–Crippen MR) is 61.2 cm³/mol. The maximum atomic E-state index is 11.2. The molecule has 0 unspecified atom stereocenters. The number of esters is 1. The van der Waals surface area contributed by atoms with Crippen molar-refractivity contribution in [2.75, 3.05) is 7.11 Å². The highest BCUT2D eigenvalue weighted by Gasteiger charge is 2.10. The minimum atomic E-state index is -0.230. The third-order valence-corrected chi connectivity index (χ3v) is 2.67. The molecule has 0 spiro atoms. The van der Waals surface area contributed by atoms with Crippen molar-refractivity contribution in [1.29, 1.82) is 0 Å². The van der Waals surface area contributed by atoms with Crippen LogP contribution in [0.5, 0.6) is 0 Å². The van der Waals surface area contributed by atoms with E-state index in [9.17, 15) is 4.79 Å². The van der Waals surface area contributed by atoms with E-state index in [1.54, 1.807) is 0 Å². The van der Waals surface area contributed by atoms with E-state index >= 15 is 0 Å². The minimum Gasteiger partial charge on any atom is -0.469 e.